The molecule has 2 amide bonds. The highest BCUT2D eigenvalue weighted by molar-refractivity contribution is 5.74. The van der Waals surface area contributed by atoms with Gasteiger partial charge in [0, 0.05) is 37.9 Å². The minimum absolute atomic E-state index is 0.0112. The zero-order chi connectivity index (χ0) is 16.7. The molecule has 130 valence electrons. The SMILES string of the molecule is C/C=C\C=N/C(C)N1CCC(NC(=O)N[C@@H]2CCN(C)C2)CC1. The number of nitrogens with one attached hydrogen (secondary N) is 2. The maximum atomic E-state index is 12.1. The van der Waals surface area contributed by atoms with Crippen molar-refractivity contribution in [2.24, 2.45) is 4.99 Å². The van der Waals surface area contributed by atoms with Crippen molar-refractivity contribution in [3.63, 3.8) is 0 Å². The lowest BCUT2D eigenvalue weighted by Gasteiger charge is -2.34. The van der Waals surface area contributed by atoms with Crippen molar-refractivity contribution in [3.05, 3.63) is 12.2 Å². The predicted octanol–water partition coefficient (Wildman–Crippen LogP) is 1.45. The van der Waals surface area contributed by atoms with Crippen LogP contribution in [-0.4, -0.2) is 73.5 Å². The maximum Gasteiger partial charge on any atom is 0.315 e. The Morgan fingerprint density at radius 2 is 1.83 bits per heavy atom. The average molecular weight is 321 g/mol. The van der Waals surface area contributed by atoms with E-state index >= 15 is 0 Å². The molecule has 2 aliphatic heterocycles. The fraction of sp³-hybridized carbons (Fsp3) is 0.765. The van der Waals surface area contributed by atoms with E-state index < -0.39 is 0 Å². The van der Waals surface area contributed by atoms with Gasteiger partial charge in [-0.15, -0.1) is 0 Å². The minimum atomic E-state index is -0.0112. The number of allylic oxidation sites excluding steroid dienone is 2. The Labute approximate surface area is 140 Å². The van der Waals surface area contributed by atoms with Gasteiger partial charge in [-0.2, -0.15) is 0 Å². The first kappa shape index (κ1) is 17.9. The summed E-state index contributed by atoms with van der Waals surface area (Å²) in [5.41, 5.74) is 0. The van der Waals surface area contributed by atoms with Crippen molar-refractivity contribution in [2.75, 3.05) is 33.2 Å². The van der Waals surface area contributed by atoms with Gasteiger partial charge in [0.25, 0.3) is 0 Å². The molecule has 2 aliphatic rings. The number of piperidine rings is 1. The molecule has 0 radical (unpaired) electrons. The van der Waals surface area contributed by atoms with Gasteiger partial charge in [0.1, 0.15) is 0 Å². The largest absolute Gasteiger partial charge is 0.335 e. The van der Waals surface area contributed by atoms with Crippen LogP contribution < -0.4 is 10.6 Å². The van der Waals surface area contributed by atoms with Crippen LogP contribution in [0.4, 0.5) is 4.79 Å². The molecule has 2 fully saturated rings. The van der Waals surface area contributed by atoms with Gasteiger partial charge in [0.05, 0.1) is 6.17 Å². The van der Waals surface area contributed by atoms with Crippen molar-refractivity contribution in [1.29, 1.82) is 0 Å². The molecule has 23 heavy (non-hydrogen) atoms. The van der Waals surface area contributed by atoms with Crippen LogP contribution in [0, 0.1) is 0 Å². The van der Waals surface area contributed by atoms with Crippen LogP contribution in [0.25, 0.3) is 0 Å². The van der Waals surface area contributed by atoms with Crippen LogP contribution in [0.5, 0.6) is 0 Å². The Bertz CT molecular complexity index is 429. The number of nitrogens with zero attached hydrogens (tertiary/aromatic N) is 3. The molecule has 2 N–H and O–H groups in total. The molecule has 0 aromatic carbocycles. The second-order valence-corrected chi connectivity index (χ2v) is 6.63. The van der Waals surface area contributed by atoms with E-state index in [-0.39, 0.29) is 18.2 Å². The molecule has 0 spiro atoms. The minimum Gasteiger partial charge on any atom is -0.335 e. The lowest BCUT2D eigenvalue weighted by atomic mass is 10.0. The molecule has 0 bridgehead atoms. The smallest absolute Gasteiger partial charge is 0.315 e. The van der Waals surface area contributed by atoms with Crippen molar-refractivity contribution < 1.29 is 4.79 Å². The normalized spacial score (nSPS) is 26.1. The summed E-state index contributed by atoms with van der Waals surface area (Å²) in [6.07, 6.45) is 9.02. The molecule has 0 aliphatic carbocycles. The summed E-state index contributed by atoms with van der Waals surface area (Å²) in [4.78, 5) is 21.2. The second-order valence-electron chi connectivity index (χ2n) is 6.63. The van der Waals surface area contributed by atoms with Gasteiger partial charge < -0.3 is 15.5 Å². The van der Waals surface area contributed by atoms with Crippen molar-refractivity contribution in [3.8, 4) is 0 Å². The second kappa shape index (κ2) is 9.03. The van der Waals surface area contributed by atoms with E-state index in [4.69, 9.17) is 0 Å². The molecule has 2 rings (SSSR count). The van der Waals surface area contributed by atoms with Gasteiger partial charge in [-0.3, -0.25) is 9.89 Å². The van der Waals surface area contributed by atoms with E-state index in [0.29, 0.717) is 6.04 Å². The van der Waals surface area contributed by atoms with E-state index in [2.05, 4.69) is 39.4 Å². The summed E-state index contributed by atoms with van der Waals surface area (Å²) in [5, 5.41) is 6.22. The van der Waals surface area contributed by atoms with Crippen molar-refractivity contribution >= 4 is 12.2 Å². The standard InChI is InChI=1S/C17H31N5O/c1-4-5-9-18-14(2)22-11-7-15(8-12-22)19-17(23)20-16-6-10-21(3)13-16/h4-5,9,14-16H,6-8,10-13H2,1-3H3,(H2,19,20,23)/b5-4-,18-9-/t14?,16-/m1/s1. The quantitative estimate of drug-likeness (QED) is 0.754. The number of rotatable bonds is 5. The number of carbonyl (C=O) groups excluding carboxylic acids is 1. The van der Waals surface area contributed by atoms with Crippen LogP contribution in [0.15, 0.2) is 17.1 Å². The Kier molecular flexibility index (Phi) is 7.05. The van der Waals surface area contributed by atoms with Crippen molar-refractivity contribution in [1.82, 2.24) is 20.4 Å². The summed E-state index contributed by atoms with van der Waals surface area (Å²) in [6.45, 7) is 8.08. The summed E-state index contributed by atoms with van der Waals surface area (Å²) in [5.74, 6) is 0. The van der Waals surface area contributed by atoms with Crippen LogP contribution in [0.3, 0.4) is 0 Å². The third kappa shape index (κ3) is 5.95. The number of hydrogen-bond donors (Lipinski definition) is 2. The third-order valence-electron chi connectivity index (χ3n) is 4.70. The van der Waals surface area contributed by atoms with Gasteiger partial charge in [0.15, 0.2) is 0 Å². The van der Waals surface area contributed by atoms with Crippen LogP contribution in [-0.2, 0) is 0 Å². The first-order chi connectivity index (χ1) is 11.1. The van der Waals surface area contributed by atoms with E-state index in [9.17, 15) is 4.79 Å². The molecule has 2 heterocycles. The number of hydrogen-bond acceptors (Lipinski definition) is 4. The lowest BCUT2D eigenvalue weighted by molar-refractivity contribution is 0.156. The molecule has 2 atom stereocenters. The lowest BCUT2D eigenvalue weighted by Crippen LogP contribution is -2.51. The Hall–Kier alpha value is -1.40. The highest BCUT2D eigenvalue weighted by Gasteiger charge is 2.25. The zero-order valence-electron chi connectivity index (χ0n) is 14.7. The predicted molar refractivity (Wildman–Crippen MR) is 94.9 cm³/mol. The molecule has 0 saturated carbocycles. The number of aliphatic imine (C=N–C) groups is 1. The molecule has 1 unspecified atom stereocenters. The highest BCUT2D eigenvalue weighted by atomic mass is 16.2. The van der Waals surface area contributed by atoms with Gasteiger partial charge in [0.2, 0.25) is 0 Å². The number of urea groups is 1. The molecule has 0 aromatic rings. The molecule has 2 saturated heterocycles. The average Bonchev–Trinajstić information content (AvgIpc) is 2.93. The maximum absolute atomic E-state index is 12.1. The molecular weight excluding hydrogens is 290 g/mol. The molecule has 6 nitrogen and oxygen atoms in total. The van der Waals surface area contributed by atoms with Gasteiger partial charge in [-0.25, -0.2) is 4.79 Å². The molecular formula is C17H31N5O. The van der Waals surface area contributed by atoms with Gasteiger partial charge in [-0.05, 0) is 52.8 Å². The number of likely N-dealkylation sites (tertiary alicyclic amines) is 2. The Balaban J connectivity index is 1.67. The number of likely N-dealkylation sites (N-methyl/N-ethyl adjacent to an activating group) is 1. The van der Waals surface area contributed by atoms with Crippen LogP contribution in [0.1, 0.15) is 33.1 Å². The van der Waals surface area contributed by atoms with Crippen molar-refractivity contribution in [2.45, 2.75) is 51.4 Å². The first-order valence-corrected chi connectivity index (χ1v) is 8.72. The molecule has 6 heteroatoms. The van der Waals surface area contributed by atoms with Gasteiger partial charge >= 0.3 is 6.03 Å². The Morgan fingerprint density at radius 1 is 1.17 bits per heavy atom. The number of amides is 2. The fourth-order valence-corrected chi connectivity index (χ4v) is 3.24. The summed E-state index contributed by atoms with van der Waals surface area (Å²) < 4.78 is 0. The summed E-state index contributed by atoms with van der Waals surface area (Å²) in [6, 6.07) is 0.557. The van der Waals surface area contributed by atoms with Gasteiger partial charge in [-0.1, -0.05) is 6.08 Å². The fourth-order valence-electron chi connectivity index (χ4n) is 3.24. The monoisotopic (exact) mass is 321 g/mol. The Morgan fingerprint density at radius 3 is 2.43 bits per heavy atom. The summed E-state index contributed by atoms with van der Waals surface area (Å²) >= 11 is 0. The number of carbonyl (C=O) groups is 1. The highest BCUT2D eigenvalue weighted by Crippen LogP contribution is 2.14. The zero-order valence-corrected chi connectivity index (χ0v) is 14.7. The van der Waals surface area contributed by atoms with E-state index in [1.807, 2.05) is 25.3 Å². The van der Waals surface area contributed by atoms with Crippen LogP contribution >= 0.6 is 0 Å². The van der Waals surface area contributed by atoms with E-state index in [0.717, 1.165) is 45.4 Å². The van der Waals surface area contributed by atoms with Crippen LogP contribution in [0.2, 0.25) is 0 Å². The van der Waals surface area contributed by atoms with E-state index in [1.54, 1.807) is 0 Å². The molecule has 0 aromatic heterocycles. The third-order valence-corrected chi connectivity index (χ3v) is 4.70. The van der Waals surface area contributed by atoms with E-state index in [1.165, 1.54) is 0 Å². The summed E-state index contributed by atoms with van der Waals surface area (Å²) in [7, 11) is 2.09. The topological polar surface area (TPSA) is 60.0 Å². The first-order valence-electron chi connectivity index (χ1n) is 8.72.